The third kappa shape index (κ3) is 6.42. The van der Waals surface area contributed by atoms with Gasteiger partial charge in [-0.05, 0) is 37.9 Å². The molecular weight excluding hydrogens is 321 g/mol. The Morgan fingerprint density at radius 1 is 1.09 bits per heavy atom. The first-order valence-electron chi connectivity index (χ1n) is 7.65. The van der Waals surface area contributed by atoms with E-state index in [1.54, 1.807) is 0 Å². The molecule has 1 aliphatic heterocycles. The van der Waals surface area contributed by atoms with E-state index in [-0.39, 0.29) is 30.7 Å². The van der Waals surface area contributed by atoms with Crippen LogP contribution in [0.1, 0.15) is 38.5 Å². The fourth-order valence-electron chi connectivity index (χ4n) is 2.64. The fraction of sp³-hybridized carbons (Fsp3) is 0.562. The average molecular weight is 348 g/mol. The van der Waals surface area contributed by atoms with Gasteiger partial charge in [0.15, 0.2) is 0 Å². The molecule has 0 bridgehead atoms. The third-order valence-corrected chi connectivity index (χ3v) is 3.73. The topological polar surface area (TPSA) is 58.4 Å². The monoisotopic (exact) mass is 347 g/mol. The van der Waals surface area contributed by atoms with Gasteiger partial charge in [-0.25, -0.2) is 0 Å². The van der Waals surface area contributed by atoms with Gasteiger partial charge in [0.2, 0.25) is 5.91 Å². The molecule has 0 radical (unpaired) electrons. The maximum atomic E-state index is 11.9. The van der Waals surface area contributed by atoms with Crippen LogP contribution in [0.15, 0.2) is 24.3 Å². The van der Waals surface area contributed by atoms with Crippen molar-refractivity contribution >= 4 is 42.1 Å². The van der Waals surface area contributed by atoms with E-state index in [0.717, 1.165) is 30.9 Å². The molecule has 3 N–H and O–H groups in total. The van der Waals surface area contributed by atoms with Gasteiger partial charge in [-0.1, -0.05) is 25.0 Å². The molecule has 4 nitrogen and oxygen atoms in total. The van der Waals surface area contributed by atoms with Gasteiger partial charge in [0.1, 0.15) is 0 Å². The number of nitrogens with zero attached hydrogens (tertiary/aromatic N) is 1. The van der Waals surface area contributed by atoms with Gasteiger partial charge in [-0.2, -0.15) is 0 Å². The lowest BCUT2D eigenvalue weighted by atomic mass is 10.2. The second-order valence-corrected chi connectivity index (χ2v) is 5.36. The van der Waals surface area contributed by atoms with Crippen LogP contribution >= 0.6 is 24.8 Å². The standard InChI is InChI=1S/C16H25N3O.2ClH/c17-11-7-10-16(20)18-14-8-3-4-9-15(14)19-12-5-1-2-6-13-19;;/h3-4,8-9H,1-2,5-7,10-13,17H2,(H,18,20);2*1H. The van der Waals surface area contributed by atoms with E-state index in [1.807, 2.05) is 18.2 Å². The third-order valence-electron chi connectivity index (χ3n) is 3.73. The number of anilines is 2. The van der Waals surface area contributed by atoms with Crippen LogP contribution in [0.25, 0.3) is 0 Å². The first kappa shape index (κ1) is 21.0. The highest BCUT2D eigenvalue weighted by molar-refractivity contribution is 5.94. The normalized spacial score (nSPS) is 14.3. The number of carbonyl (C=O) groups excluding carboxylic acids is 1. The largest absolute Gasteiger partial charge is 0.370 e. The first-order chi connectivity index (χ1) is 9.81. The summed E-state index contributed by atoms with van der Waals surface area (Å²) in [5, 5.41) is 3.03. The summed E-state index contributed by atoms with van der Waals surface area (Å²) >= 11 is 0. The number of amides is 1. The predicted molar refractivity (Wildman–Crippen MR) is 98.5 cm³/mol. The number of hydrogen-bond donors (Lipinski definition) is 2. The highest BCUT2D eigenvalue weighted by Crippen LogP contribution is 2.28. The molecule has 0 aliphatic carbocycles. The van der Waals surface area contributed by atoms with E-state index in [9.17, 15) is 4.79 Å². The number of carbonyl (C=O) groups is 1. The quantitative estimate of drug-likeness (QED) is 0.855. The SMILES string of the molecule is Cl.Cl.NCCCC(=O)Nc1ccccc1N1CCCCCC1. The molecule has 0 saturated carbocycles. The van der Waals surface area contributed by atoms with Crippen molar-refractivity contribution in [1.82, 2.24) is 0 Å². The van der Waals surface area contributed by atoms with E-state index in [2.05, 4.69) is 16.3 Å². The van der Waals surface area contributed by atoms with Crippen LogP contribution in [0, 0.1) is 0 Å². The van der Waals surface area contributed by atoms with Crippen LogP contribution < -0.4 is 16.0 Å². The van der Waals surface area contributed by atoms with Crippen LogP contribution in [0.3, 0.4) is 0 Å². The van der Waals surface area contributed by atoms with E-state index in [0.29, 0.717) is 13.0 Å². The van der Waals surface area contributed by atoms with Gasteiger partial charge < -0.3 is 16.0 Å². The predicted octanol–water partition coefficient (Wildman–Crippen LogP) is 3.59. The molecule has 1 amide bonds. The minimum Gasteiger partial charge on any atom is -0.370 e. The zero-order chi connectivity index (χ0) is 14.2. The van der Waals surface area contributed by atoms with Crippen LogP contribution in [-0.4, -0.2) is 25.5 Å². The van der Waals surface area contributed by atoms with Crippen molar-refractivity contribution in [1.29, 1.82) is 0 Å². The maximum absolute atomic E-state index is 11.9. The highest BCUT2D eigenvalue weighted by atomic mass is 35.5. The summed E-state index contributed by atoms with van der Waals surface area (Å²) in [6, 6.07) is 8.10. The van der Waals surface area contributed by atoms with Crippen molar-refractivity contribution in [3.8, 4) is 0 Å². The fourth-order valence-corrected chi connectivity index (χ4v) is 2.64. The number of para-hydroxylation sites is 2. The molecule has 126 valence electrons. The van der Waals surface area contributed by atoms with Crippen molar-refractivity contribution in [3.63, 3.8) is 0 Å². The van der Waals surface area contributed by atoms with Crippen molar-refractivity contribution in [2.75, 3.05) is 29.9 Å². The van der Waals surface area contributed by atoms with Gasteiger partial charge in [0.25, 0.3) is 0 Å². The Morgan fingerprint density at radius 3 is 2.36 bits per heavy atom. The zero-order valence-electron chi connectivity index (χ0n) is 12.9. The number of nitrogens with one attached hydrogen (secondary N) is 1. The summed E-state index contributed by atoms with van der Waals surface area (Å²) < 4.78 is 0. The molecule has 1 aromatic rings. The second kappa shape index (κ2) is 11.6. The van der Waals surface area contributed by atoms with Crippen molar-refractivity contribution in [3.05, 3.63) is 24.3 Å². The van der Waals surface area contributed by atoms with E-state index >= 15 is 0 Å². The summed E-state index contributed by atoms with van der Waals surface area (Å²) in [6.45, 7) is 2.71. The number of halogens is 2. The molecule has 1 saturated heterocycles. The zero-order valence-corrected chi connectivity index (χ0v) is 14.6. The summed E-state index contributed by atoms with van der Waals surface area (Å²) in [5.41, 5.74) is 7.52. The molecule has 0 spiro atoms. The van der Waals surface area contributed by atoms with Gasteiger partial charge >= 0.3 is 0 Å². The molecule has 0 unspecified atom stereocenters. The summed E-state index contributed by atoms with van der Waals surface area (Å²) in [7, 11) is 0. The Hall–Kier alpha value is -0.970. The molecule has 22 heavy (non-hydrogen) atoms. The summed E-state index contributed by atoms with van der Waals surface area (Å²) in [5.74, 6) is 0.0534. The van der Waals surface area contributed by atoms with Crippen LogP contribution in [0.4, 0.5) is 11.4 Å². The molecule has 6 heteroatoms. The van der Waals surface area contributed by atoms with Crippen LogP contribution in [0.5, 0.6) is 0 Å². The molecule has 1 aliphatic rings. The minimum atomic E-state index is 0. The van der Waals surface area contributed by atoms with Crippen molar-refractivity contribution in [2.24, 2.45) is 5.73 Å². The van der Waals surface area contributed by atoms with Gasteiger partial charge in [0, 0.05) is 19.5 Å². The lowest BCUT2D eigenvalue weighted by Gasteiger charge is -2.25. The molecule has 2 rings (SSSR count). The second-order valence-electron chi connectivity index (χ2n) is 5.36. The molecule has 1 heterocycles. The average Bonchev–Trinajstić information content (AvgIpc) is 2.75. The lowest BCUT2D eigenvalue weighted by Crippen LogP contribution is -2.25. The van der Waals surface area contributed by atoms with Gasteiger partial charge in [-0.15, -0.1) is 24.8 Å². The van der Waals surface area contributed by atoms with E-state index in [1.165, 1.54) is 25.7 Å². The van der Waals surface area contributed by atoms with Crippen LogP contribution in [-0.2, 0) is 4.79 Å². The van der Waals surface area contributed by atoms with Gasteiger partial charge in [0.05, 0.1) is 11.4 Å². The van der Waals surface area contributed by atoms with Crippen molar-refractivity contribution in [2.45, 2.75) is 38.5 Å². The van der Waals surface area contributed by atoms with E-state index < -0.39 is 0 Å². The Bertz CT molecular complexity index is 435. The summed E-state index contributed by atoms with van der Waals surface area (Å²) in [4.78, 5) is 14.3. The Morgan fingerprint density at radius 2 is 1.73 bits per heavy atom. The molecule has 1 aromatic carbocycles. The Labute approximate surface area is 145 Å². The lowest BCUT2D eigenvalue weighted by molar-refractivity contribution is -0.116. The number of benzene rings is 1. The highest BCUT2D eigenvalue weighted by Gasteiger charge is 2.14. The molecule has 0 aromatic heterocycles. The van der Waals surface area contributed by atoms with E-state index in [4.69, 9.17) is 5.73 Å². The molecule has 0 atom stereocenters. The molecular formula is C16H27Cl2N3O. The number of hydrogen-bond acceptors (Lipinski definition) is 3. The molecule has 1 fully saturated rings. The number of nitrogens with two attached hydrogens (primary N) is 1. The van der Waals surface area contributed by atoms with Gasteiger partial charge in [-0.3, -0.25) is 4.79 Å². The Kier molecular flexibility index (Phi) is 11.1. The maximum Gasteiger partial charge on any atom is 0.224 e. The summed E-state index contributed by atoms with van der Waals surface area (Å²) in [6.07, 6.45) is 6.30. The first-order valence-corrected chi connectivity index (χ1v) is 7.65. The van der Waals surface area contributed by atoms with Crippen LogP contribution in [0.2, 0.25) is 0 Å². The smallest absolute Gasteiger partial charge is 0.224 e. The number of rotatable bonds is 5. The van der Waals surface area contributed by atoms with Crippen molar-refractivity contribution < 1.29 is 4.79 Å². The Balaban J connectivity index is 0.00000220. The minimum absolute atomic E-state index is 0.